The first-order valence-electron chi connectivity index (χ1n) is 24.1. The molecular weight excluding hydrogens is 805 g/mol. The maximum atomic E-state index is 12.8. The highest BCUT2D eigenvalue weighted by atomic mass is 16.2. The topological polar surface area (TPSA) is 190 Å². The molecule has 0 unspecified atom stereocenters. The number of hydrogen-bond donors (Lipinski definition) is 3. The molecule has 0 aromatic heterocycles. The normalized spacial score (nSPS) is 17.3. The van der Waals surface area contributed by atoms with Crippen molar-refractivity contribution < 1.29 is 28.8 Å². The van der Waals surface area contributed by atoms with Crippen LogP contribution in [0.15, 0.2) is 72.8 Å². The number of hydrogen-bond acceptors (Lipinski definition) is 6. The third-order valence-electron chi connectivity index (χ3n) is 12.4. The monoisotopic (exact) mass is 879 g/mol. The molecule has 0 saturated carbocycles. The Hall–Kier alpha value is -5.52. The molecule has 3 saturated heterocycles. The molecule has 3 aliphatic heterocycles. The highest BCUT2D eigenvalue weighted by Crippen LogP contribution is 2.18. The standard InChI is InChI=1S/C20H30N2O2.C18H26N2O2.C14H18N2O2/c21-19(23)17-11-13-18(14-12-17)20(24)22-15-9-7-5-3-1-2-4-6-8-10-16-22;19-17(21)15-9-11-16(12-10-15)18(22)20-13-7-5-3-1-2-4-6-8-14-20;15-13(17)11-5-7-12(8-6-11)14(18)16-9-3-1-2-4-10-16/h11-14H,1-10,15-16H2,(H2,21,23);9-12H,1-8,13-14H2,(H2,19,21);5-8H,1-4,9-10H2,(H2,15,17). The predicted octanol–water partition coefficient (Wildman–Crippen LogP) is 9.31. The van der Waals surface area contributed by atoms with Crippen molar-refractivity contribution in [3.8, 4) is 0 Å². The Kier molecular flexibility index (Phi) is 23.2. The third-order valence-corrected chi connectivity index (χ3v) is 12.4. The van der Waals surface area contributed by atoms with Crippen LogP contribution in [-0.2, 0) is 0 Å². The summed E-state index contributed by atoms with van der Waals surface area (Å²) in [5, 5.41) is 0. The van der Waals surface area contributed by atoms with Crippen molar-refractivity contribution in [2.45, 2.75) is 141 Å². The van der Waals surface area contributed by atoms with Crippen LogP contribution < -0.4 is 17.2 Å². The summed E-state index contributed by atoms with van der Waals surface area (Å²) in [6.07, 6.45) is 26.7. The Balaban J connectivity index is 0.000000212. The number of benzene rings is 3. The van der Waals surface area contributed by atoms with Crippen molar-refractivity contribution in [3.63, 3.8) is 0 Å². The van der Waals surface area contributed by atoms with Crippen LogP contribution >= 0.6 is 0 Å². The van der Waals surface area contributed by atoms with Crippen LogP contribution in [0.4, 0.5) is 0 Å². The van der Waals surface area contributed by atoms with Crippen molar-refractivity contribution >= 4 is 35.4 Å². The largest absolute Gasteiger partial charge is 0.366 e. The van der Waals surface area contributed by atoms with Gasteiger partial charge in [-0.2, -0.15) is 0 Å². The molecular formula is C52H74N6O6. The summed E-state index contributed by atoms with van der Waals surface area (Å²) in [4.78, 5) is 76.7. The first-order valence-corrected chi connectivity index (χ1v) is 24.1. The third kappa shape index (κ3) is 18.3. The van der Waals surface area contributed by atoms with E-state index in [1.54, 1.807) is 72.8 Å². The molecule has 3 aromatic rings. The van der Waals surface area contributed by atoms with E-state index in [-0.39, 0.29) is 17.7 Å². The number of likely N-dealkylation sites (tertiary alicyclic amines) is 1. The summed E-state index contributed by atoms with van der Waals surface area (Å²) in [6, 6.07) is 19.9. The van der Waals surface area contributed by atoms with Crippen LogP contribution in [0.1, 0.15) is 203 Å². The van der Waals surface area contributed by atoms with Crippen LogP contribution in [0.5, 0.6) is 0 Å². The number of nitrogens with zero attached hydrogens (tertiary/aromatic N) is 3. The molecule has 0 radical (unpaired) electrons. The molecule has 0 aliphatic carbocycles. The summed E-state index contributed by atoms with van der Waals surface area (Å²) in [6.45, 7) is 4.98. The molecule has 3 fully saturated rings. The molecule has 64 heavy (non-hydrogen) atoms. The molecule has 3 aromatic carbocycles. The second kappa shape index (κ2) is 29.0. The molecule has 6 amide bonds. The van der Waals surface area contributed by atoms with Gasteiger partial charge in [0, 0.05) is 72.6 Å². The van der Waals surface area contributed by atoms with Crippen molar-refractivity contribution in [3.05, 3.63) is 106 Å². The van der Waals surface area contributed by atoms with Crippen LogP contribution in [-0.4, -0.2) is 89.4 Å². The molecule has 0 spiro atoms. The van der Waals surface area contributed by atoms with Gasteiger partial charge in [0.2, 0.25) is 17.7 Å². The van der Waals surface area contributed by atoms with Crippen molar-refractivity contribution in [1.82, 2.24) is 14.7 Å². The second-order valence-corrected chi connectivity index (χ2v) is 17.5. The maximum absolute atomic E-state index is 12.8. The highest BCUT2D eigenvalue weighted by Gasteiger charge is 2.19. The summed E-state index contributed by atoms with van der Waals surface area (Å²) in [7, 11) is 0. The number of carbonyl (C=O) groups excluding carboxylic acids is 6. The number of nitrogens with two attached hydrogens (primary N) is 3. The van der Waals surface area contributed by atoms with E-state index < -0.39 is 17.7 Å². The highest BCUT2D eigenvalue weighted by molar-refractivity contribution is 5.99. The van der Waals surface area contributed by atoms with E-state index in [1.807, 2.05) is 14.7 Å². The molecule has 3 heterocycles. The lowest BCUT2D eigenvalue weighted by Gasteiger charge is -2.23. The van der Waals surface area contributed by atoms with Crippen molar-refractivity contribution in [2.24, 2.45) is 17.2 Å². The van der Waals surface area contributed by atoms with E-state index in [4.69, 9.17) is 17.2 Å². The molecule has 12 nitrogen and oxygen atoms in total. The molecule has 6 rings (SSSR count). The smallest absolute Gasteiger partial charge is 0.253 e. The lowest BCUT2D eigenvalue weighted by molar-refractivity contribution is 0.0742. The molecule has 12 heteroatoms. The summed E-state index contributed by atoms with van der Waals surface area (Å²) in [5.74, 6) is -1.21. The van der Waals surface area contributed by atoms with E-state index in [1.165, 1.54) is 103 Å². The Morgan fingerprint density at radius 2 is 0.391 bits per heavy atom. The quantitative estimate of drug-likeness (QED) is 0.221. The van der Waals surface area contributed by atoms with Crippen LogP contribution in [0.3, 0.4) is 0 Å². The average molecular weight is 879 g/mol. The SMILES string of the molecule is NC(=O)c1ccc(C(=O)N2CCCCCC2)cc1.NC(=O)c1ccc(C(=O)N2CCCCCCCCCC2)cc1.NC(=O)c1ccc(C(=O)N2CCCCCCCCCCCC2)cc1. The number of amides is 6. The van der Waals surface area contributed by atoms with Crippen molar-refractivity contribution in [1.29, 1.82) is 0 Å². The second-order valence-electron chi connectivity index (χ2n) is 17.5. The van der Waals surface area contributed by atoms with Crippen molar-refractivity contribution in [2.75, 3.05) is 39.3 Å². The maximum Gasteiger partial charge on any atom is 0.253 e. The summed E-state index contributed by atoms with van der Waals surface area (Å²) >= 11 is 0. The minimum Gasteiger partial charge on any atom is -0.366 e. The van der Waals surface area contributed by atoms with Gasteiger partial charge in [-0.05, 0) is 111 Å². The Morgan fingerprint density at radius 1 is 0.250 bits per heavy atom. The summed E-state index contributed by atoms with van der Waals surface area (Å²) in [5.41, 5.74) is 18.9. The molecule has 0 bridgehead atoms. The minimum atomic E-state index is -0.469. The van der Waals surface area contributed by atoms with Crippen LogP contribution in [0.25, 0.3) is 0 Å². The van der Waals surface area contributed by atoms with Crippen LogP contribution in [0.2, 0.25) is 0 Å². The van der Waals surface area contributed by atoms with Gasteiger partial charge >= 0.3 is 0 Å². The van der Waals surface area contributed by atoms with Gasteiger partial charge < -0.3 is 31.9 Å². The van der Waals surface area contributed by atoms with E-state index in [0.29, 0.717) is 33.4 Å². The predicted molar refractivity (Wildman–Crippen MR) is 254 cm³/mol. The van der Waals surface area contributed by atoms with E-state index in [2.05, 4.69) is 0 Å². The van der Waals surface area contributed by atoms with E-state index in [9.17, 15) is 28.8 Å². The molecule has 0 atom stereocenters. The Bertz CT molecular complexity index is 1860. The van der Waals surface area contributed by atoms with Crippen LogP contribution in [0, 0.1) is 0 Å². The van der Waals surface area contributed by atoms with Gasteiger partial charge in [-0.3, -0.25) is 28.8 Å². The Morgan fingerprint density at radius 3 is 0.547 bits per heavy atom. The number of primary amides is 3. The van der Waals surface area contributed by atoms with Gasteiger partial charge in [-0.15, -0.1) is 0 Å². The molecule has 3 aliphatic rings. The van der Waals surface area contributed by atoms with Gasteiger partial charge in [-0.25, -0.2) is 0 Å². The fourth-order valence-electron chi connectivity index (χ4n) is 8.47. The van der Waals surface area contributed by atoms with Gasteiger partial charge in [0.15, 0.2) is 0 Å². The number of rotatable bonds is 6. The van der Waals surface area contributed by atoms with Gasteiger partial charge in [0.1, 0.15) is 0 Å². The lowest BCUT2D eigenvalue weighted by Crippen LogP contribution is -2.33. The first kappa shape index (κ1) is 51.1. The molecule has 348 valence electrons. The zero-order valence-corrected chi connectivity index (χ0v) is 38.3. The fraction of sp³-hybridized carbons (Fsp3) is 0.538. The fourth-order valence-corrected chi connectivity index (χ4v) is 8.47. The summed E-state index contributed by atoms with van der Waals surface area (Å²) < 4.78 is 0. The van der Waals surface area contributed by atoms with Gasteiger partial charge in [0.05, 0.1) is 0 Å². The van der Waals surface area contributed by atoms with E-state index >= 15 is 0 Å². The Labute approximate surface area is 381 Å². The van der Waals surface area contributed by atoms with Gasteiger partial charge in [0.25, 0.3) is 17.7 Å². The minimum absolute atomic E-state index is 0.0490. The van der Waals surface area contributed by atoms with Gasteiger partial charge in [-0.1, -0.05) is 103 Å². The lowest BCUT2D eigenvalue weighted by atomic mass is 10.1. The average Bonchev–Trinajstić information content (AvgIpc) is 3.62. The zero-order chi connectivity index (χ0) is 45.9. The zero-order valence-electron chi connectivity index (χ0n) is 38.3. The first-order chi connectivity index (χ1) is 31.0. The molecule has 6 N–H and O–H groups in total. The van der Waals surface area contributed by atoms with E-state index in [0.717, 1.165) is 77.8 Å². The number of carbonyl (C=O) groups is 6.